The van der Waals surface area contributed by atoms with Gasteiger partial charge in [0, 0.05) is 16.6 Å². The van der Waals surface area contributed by atoms with Crippen molar-refractivity contribution in [2.45, 2.75) is 6.54 Å². The summed E-state index contributed by atoms with van der Waals surface area (Å²) in [6, 6.07) is 4.57. The molecule has 0 radical (unpaired) electrons. The molecule has 0 amide bonds. The fraction of sp³-hybridized carbons (Fsp3) is 0.125. The summed E-state index contributed by atoms with van der Waals surface area (Å²) in [6.45, 7) is 0.123. The Labute approximate surface area is 77.9 Å². The van der Waals surface area contributed by atoms with Crippen molar-refractivity contribution in [1.29, 1.82) is 5.26 Å². The van der Waals surface area contributed by atoms with Crippen molar-refractivity contribution in [3.8, 4) is 6.07 Å². The highest BCUT2D eigenvalue weighted by Crippen LogP contribution is 2.21. The van der Waals surface area contributed by atoms with Crippen LogP contribution in [0, 0.1) is 17.1 Å². The summed E-state index contributed by atoms with van der Waals surface area (Å²) < 4.78 is 13.6. The van der Waals surface area contributed by atoms with Crippen molar-refractivity contribution in [3.63, 3.8) is 0 Å². The van der Waals surface area contributed by atoms with Crippen LogP contribution >= 0.6 is 15.9 Å². The maximum Gasteiger partial charge on any atom is 0.130 e. The lowest BCUT2D eigenvalue weighted by molar-refractivity contribution is 0.608. The van der Waals surface area contributed by atoms with Gasteiger partial charge in [-0.2, -0.15) is 5.26 Å². The van der Waals surface area contributed by atoms with E-state index in [4.69, 9.17) is 11.0 Å². The lowest BCUT2D eigenvalue weighted by Gasteiger charge is -2.02. The van der Waals surface area contributed by atoms with Gasteiger partial charge in [0.05, 0.1) is 11.6 Å². The zero-order valence-corrected chi connectivity index (χ0v) is 7.73. The normalized spacial score (nSPS) is 9.50. The number of benzene rings is 1. The van der Waals surface area contributed by atoms with E-state index in [9.17, 15) is 4.39 Å². The molecule has 1 aromatic carbocycles. The van der Waals surface area contributed by atoms with Gasteiger partial charge in [-0.05, 0) is 12.1 Å². The van der Waals surface area contributed by atoms with Gasteiger partial charge in [0.25, 0.3) is 0 Å². The van der Waals surface area contributed by atoms with Crippen LogP contribution in [0.2, 0.25) is 0 Å². The number of nitriles is 1. The molecule has 2 N–H and O–H groups in total. The molecule has 1 aromatic rings. The third kappa shape index (κ3) is 1.63. The second-order valence-corrected chi connectivity index (χ2v) is 3.09. The van der Waals surface area contributed by atoms with E-state index in [0.717, 1.165) is 0 Å². The molecule has 0 aliphatic rings. The number of hydrogen-bond donors (Lipinski definition) is 1. The third-order valence-electron chi connectivity index (χ3n) is 1.47. The molecule has 0 aliphatic carbocycles. The van der Waals surface area contributed by atoms with Crippen molar-refractivity contribution in [3.05, 3.63) is 33.5 Å². The first-order valence-electron chi connectivity index (χ1n) is 3.27. The molecule has 0 saturated carbocycles. The third-order valence-corrected chi connectivity index (χ3v) is 2.18. The molecule has 0 unspecified atom stereocenters. The first-order chi connectivity index (χ1) is 5.69. The minimum atomic E-state index is -0.441. The van der Waals surface area contributed by atoms with Crippen LogP contribution in [0.25, 0.3) is 0 Å². The molecule has 1 rings (SSSR count). The first-order valence-corrected chi connectivity index (χ1v) is 4.06. The second kappa shape index (κ2) is 3.65. The van der Waals surface area contributed by atoms with Crippen molar-refractivity contribution >= 4 is 15.9 Å². The largest absolute Gasteiger partial charge is 0.326 e. The van der Waals surface area contributed by atoms with Gasteiger partial charge < -0.3 is 5.73 Å². The Morgan fingerprint density at radius 1 is 1.58 bits per heavy atom. The molecule has 0 fully saturated rings. The molecular weight excluding hydrogens is 223 g/mol. The summed E-state index contributed by atoms with van der Waals surface area (Å²) in [5.41, 5.74) is 5.98. The number of hydrogen-bond acceptors (Lipinski definition) is 2. The Morgan fingerprint density at radius 3 is 2.67 bits per heavy atom. The van der Waals surface area contributed by atoms with E-state index in [0.29, 0.717) is 10.0 Å². The van der Waals surface area contributed by atoms with Gasteiger partial charge in [-0.25, -0.2) is 4.39 Å². The molecule has 0 spiro atoms. The molecule has 0 atom stereocenters. The molecule has 0 aliphatic heterocycles. The molecule has 2 nitrogen and oxygen atoms in total. The fourth-order valence-corrected chi connectivity index (χ4v) is 1.46. The van der Waals surface area contributed by atoms with Crippen LogP contribution in [-0.4, -0.2) is 0 Å². The highest BCUT2D eigenvalue weighted by molar-refractivity contribution is 9.10. The Morgan fingerprint density at radius 2 is 2.25 bits per heavy atom. The van der Waals surface area contributed by atoms with Crippen LogP contribution in [0.1, 0.15) is 11.1 Å². The van der Waals surface area contributed by atoms with E-state index in [1.54, 1.807) is 6.07 Å². The number of nitrogens with zero attached hydrogens (tertiary/aromatic N) is 1. The maximum absolute atomic E-state index is 13.0. The molecule has 0 heterocycles. The van der Waals surface area contributed by atoms with Crippen LogP contribution < -0.4 is 5.73 Å². The van der Waals surface area contributed by atoms with Gasteiger partial charge in [-0.1, -0.05) is 15.9 Å². The molecule has 62 valence electrons. The van der Waals surface area contributed by atoms with Crippen LogP contribution in [0.3, 0.4) is 0 Å². The van der Waals surface area contributed by atoms with Gasteiger partial charge in [0.15, 0.2) is 0 Å². The summed E-state index contributed by atoms with van der Waals surface area (Å²) in [4.78, 5) is 0. The molecule has 4 heteroatoms. The van der Waals surface area contributed by atoms with Crippen molar-refractivity contribution in [1.82, 2.24) is 0 Å². The van der Waals surface area contributed by atoms with Gasteiger partial charge >= 0.3 is 0 Å². The highest BCUT2D eigenvalue weighted by Gasteiger charge is 2.06. The summed E-state index contributed by atoms with van der Waals surface area (Å²) >= 11 is 3.13. The van der Waals surface area contributed by atoms with Gasteiger partial charge in [-0.3, -0.25) is 0 Å². The van der Waals surface area contributed by atoms with Crippen LogP contribution in [0.15, 0.2) is 16.6 Å². The average molecular weight is 229 g/mol. The first kappa shape index (κ1) is 9.17. The summed E-state index contributed by atoms with van der Waals surface area (Å²) in [6.07, 6.45) is 0. The lowest BCUT2D eigenvalue weighted by atomic mass is 10.1. The van der Waals surface area contributed by atoms with E-state index >= 15 is 0 Å². The van der Waals surface area contributed by atoms with E-state index in [1.165, 1.54) is 6.07 Å². The summed E-state index contributed by atoms with van der Waals surface area (Å²) in [5, 5.41) is 8.48. The minimum absolute atomic E-state index is 0.123. The van der Waals surface area contributed by atoms with E-state index < -0.39 is 5.82 Å². The molecule has 0 bridgehead atoms. The van der Waals surface area contributed by atoms with Gasteiger partial charge in [0.1, 0.15) is 5.82 Å². The maximum atomic E-state index is 13.0. The molecular formula is C8H6BrFN2. The van der Waals surface area contributed by atoms with Gasteiger partial charge in [0.2, 0.25) is 0 Å². The summed E-state index contributed by atoms with van der Waals surface area (Å²) in [5.74, 6) is -0.441. The Balaban J connectivity index is 3.30. The van der Waals surface area contributed by atoms with E-state index in [1.807, 2.05) is 6.07 Å². The van der Waals surface area contributed by atoms with Crippen LogP contribution in [0.5, 0.6) is 0 Å². The molecule has 0 aromatic heterocycles. The highest BCUT2D eigenvalue weighted by atomic mass is 79.9. The quantitative estimate of drug-likeness (QED) is 0.799. The van der Waals surface area contributed by atoms with Crippen molar-refractivity contribution < 1.29 is 4.39 Å². The van der Waals surface area contributed by atoms with Crippen LogP contribution in [-0.2, 0) is 6.54 Å². The number of nitrogens with two attached hydrogens (primary N) is 1. The minimum Gasteiger partial charge on any atom is -0.326 e. The fourth-order valence-electron chi connectivity index (χ4n) is 0.863. The predicted molar refractivity (Wildman–Crippen MR) is 46.7 cm³/mol. The predicted octanol–water partition coefficient (Wildman–Crippen LogP) is 1.92. The smallest absolute Gasteiger partial charge is 0.130 e. The second-order valence-electron chi connectivity index (χ2n) is 2.23. The monoisotopic (exact) mass is 228 g/mol. The molecule has 12 heavy (non-hydrogen) atoms. The van der Waals surface area contributed by atoms with Gasteiger partial charge in [-0.15, -0.1) is 0 Å². The van der Waals surface area contributed by atoms with Crippen molar-refractivity contribution in [2.24, 2.45) is 5.73 Å². The van der Waals surface area contributed by atoms with E-state index in [2.05, 4.69) is 15.9 Å². The number of rotatable bonds is 1. The summed E-state index contributed by atoms with van der Waals surface area (Å²) in [7, 11) is 0. The average Bonchev–Trinajstić information content (AvgIpc) is 2.03. The molecule has 0 saturated heterocycles. The SMILES string of the molecule is N#Cc1cc(F)c(CN)c(Br)c1. The van der Waals surface area contributed by atoms with E-state index in [-0.39, 0.29) is 12.1 Å². The Hall–Kier alpha value is -0.920. The standard InChI is InChI=1S/C8H6BrFN2/c9-7-1-5(3-11)2-8(10)6(7)4-12/h1-2H,4,12H2. The Bertz CT molecular complexity index is 320. The zero-order chi connectivity index (χ0) is 9.14. The van der Waals surface area contributed by atoms with Crippen molar-refractivity contribution in [2.75, 3.05) is 0 Å². The lowest BCUT2D eigenvalue weighted by Crippen LogP contribution is -2.01. The topological polar surface area (TPSA) is 49.8 Å². The zero-order valence-electron chi connectivity index (χ0n) is 6.14. The number of halogens is 2. The van der Waals surface area contributed by atoms with Crippen LogP contribution in [0.4, 0.5) is 4.39 Å². The Kier molecular flexibility index (Phi) is 2.79.